The van der Waals surface area contributed by atoms with Crippen LogP contribution in [0.5, 0.6) is 0 Å². The molecule has 2 heterocycles. The molecule has 0 aromatic carbocycles. The van der Waals surface area contributed by atoms with Gasteiger partial charge in [-0.2, -0.15) is 0 Å². The van der Waals surface area contributed by atoms with E-state index in [1.54, 1.807) is 0 Å². The third-order valence-electron chi connectivity index (χ3n) is 4.75. The lowest BCUT2D eigenvalue weighted by molar-refractivity contribution is -0.137. The van der Waals surface area contributed by atoms with Gasteiger partial charge >= 0.3 is 0 Å². The number of carbonyl (C=O) groups is 1. The Kier molecular flexibility index (Phi) is 3.33. The van der Waals surface area contributed by atoms with E-state index in [0.29, 0.717) is 17.7 Å². The Balaban J connectivity index is 1.58. The van der Waals surface area contributed by atoms with Gasteiger partial charge in [0.1, 0.15) is 5.82 Å². The molecular formula is C15H23N3O. The lowest BCUT2D eigenvalue weighted by Gasteiger charge is -2.29. The second kappa shape index (κ2) is 4.99. The van der Waals surface area contributed by atoms with Crippen molar-refractivity contribution in [3.05, 3.63) is 17.7 Å². The Morgan fingerprint density at radius 2 is 2.16 bits per heavy atom. The van der Waals surface area contributed by atoms with E-state index in [2.05, 4.69) is 28.3 Å². The number of aryl methyl sites for hydroxylation is 2. The number of aromatic nitrogens is 2. The molecule has 1 aromatic rings. The maximum absolute atomic E-state index is 12.2. The lowest BCUT2D eigenvalue weighted by Crippen LogP contribution is -2.37. The third kappa shape index (κ3) is 2.40. The lowest BCUT2D eigenvalue weighted by atomic mass is 9.84. The summed E-state index contributed by atoms with van der Waals surface area (Å²) in [6, 6.07) is 0. The largest absolute Gasteiger partial charge is 0.342 e. The molecule has 4 nitrogen and oxygen atoms in total. The highest BCUT2D eigenvalue weighted by Gasteiger charge is 2.33. The molecule has 1 saturated carbocycles. The quantitative estimate of drug-likeness (QED) is 0.836. The van der Waals surface area contributed by atoms with Gasteiger partial charge < -0.3 is 9.47 Å². The normalized spacial score (nSPS) is 23.7. The van der Waals surface area contributed by atoms with E-state index in [-0.39, 0.29) is 0 Å². The van der Waals surface area contributed by atoms with Crippen molar-refractivity contribution in [2.24, 2.45) is 11.8 Å². The fraction of sp³-hybridized carbons (Fsp3) is 0.733. The summed E-state index contributed by atoms with van der Waals surface area (Å²) in [5.74, 6) is 2.43. The molecule has 1 atom stereocenters. The maximum Gasteiger partial charge on any atom is 0.225 e. The van der Waals surface area contributed by atoms with Crippen LogP contribution in [0, 0.1) is 25.7 Å². The van der Waals surface area contributed by atoms with Crippen molar-refractivity contribution in [3.8, 4) is 0 Å². The van der Waals surface area contributed by atoms with Gasteiger partial charge in [0.25, 0.3) is 0 Å². The van der Waals surface area contributed by atoms with Gasteiger partial charge in [0.05, 0.1) is 0 Å². The number of imidazole rings is 1. The van der Waals surface area contributed by atoms with Gasteiger partial charge in [0.2, 0.25) is 5.91 Å². The minimum absolute atomic E-state index is 0.343. The van der Waals surface area contributed by atoms with Crippen molar-refractivity contribution in [1.82, 2.24) is 14.5 Å². The number of likely N-dealkylation sites (tertiary alicyclic amines) is 1. The molecule has 1 unspecified atom stereocenters. The average molecular weight is 261 g/mol. The van der Waals surface area contributed by atoms with Crippen LogP contribution in [-0.4, -0.2) is 33.4 Å². The highest BCUT2D eigenvalue weighted by Crippen LogP contribution is 2.30. The zero-order valence-electron chi connectivity index (χ0n) is 11.9. The smallest absolute Gasteiger partial charge is 0.225 e. The second-order valence-electron chi connectivity index (χ2n) is 6.12. The number of rotatable bonds is 3. The summed E-state index contributed by atoms with van der Waals surface area (Å²) in [7, 11) is 0. The molecule has 0 radical (unpaired) electrons. The molecule has 104 valence electrons. The van der Waals surface area contributed by atoms with E-state index >= 15 is 0 Å². The van der Waals surface area contributed by atoms with Crippen molar-refractivity contribution >= 4 is 5.91 Å². The Labute approximate surface area is 114 Å². The van der Waals surface area contributed by atoms with Gasteiger partial charge in [0.15, 0.2) is 0 Å². The van der Waals surface area contributed by atoms with Gasteiger partial charge in [-0.05, 0) is 39.0 Å². The van der Waals surface area contributed by atoms with Crippen molar-refractivity contribution in [2.45, 2.75) is 46.1 Å². The predicted octanol–water partition coefficient (Wildman–Crippen LogP) is 2.15. The summed E-state index contributed by atoms with van der Waals surface area (Å²) in [6.07, 6.45) is 6.53. The molecule has 2 fully saturated rings. The van der Waals surface area contributed by atoms with E-state index in [4.69, 9.17) is 0 Å². The molecule has 19 heavy (non-hydrogen) atoms. The van der Waals surface area contributed by atoms with Gasteiger partial charge in [-0.15, -0.1) is 0 Å². The Morgan fingerprint density at radius 1 is 1.37 bits per heavy atom. The van der Waals surface area contributed by atoms with Crippen LogP contribution in [0.25, 0.3) is 0 Å². The minimum Gasteiger partial charge on any atom is -0.342 e. The number of hydrogen-bond acceptors (Lipinski definition) is 2. The fourth-order valence-electron chi connectivity index (χ4n) is 3.21. The molecular weight excluding hydrogens is 238 g/mol. The monoisotopic (exact) mass is 261 g/mol. The highest BCUT2D eigenvalue weighted by molar-refractivity contribution is 5.79. The second-order valence-corrected chi connectivity index (χ2v) is 6.12. The summed E-state index contributed by atoms with van der Waals surface area (Å²) >= 11 is 0. The van der Waals surface area contributed by atoms with Crippen molar-refractivity contribution in [1.29, 1.82) is 0 Å². The number of nitrogens with zero attached hydrogens (tertiary/aromatic N) is 3. The summed E-state index contributed by atoms with van der Waals surface area (Å²) in [6.45, 7) is 7.05. The summed E-state index contributed by atoms with van der Waals surface area (Å²) in [4.78, 5) is 18.7. The highest BCUT2D eigenvalue weighted by atomic mass is 16.2. The molecule has 3 rings (SSSR count). The molecule has 1 saturated heterocycles. The Hall–Kier alpha value is -1.32. The van der Waals surface area contributed by atoms with Gasteiger partial charge in [0, 0.05) is 37.4 Å². The van der Waals surface area contributed by atoms with Crippen LogP contribution in [0.4, 0.5) is 0 Å². The zero-order valence-corrected chi connectivity index (χ0v) is 11.9. The first-order valence-corrected chi connectivity index (χ1v) is 7.42. The maximum atomic E-state index is 12.2. The number of hydrogen-bond donors (Lipinski definition) is 0. The van der Waals surface area contributed by atoms with Crippen LogP contribution < -0.4 is 0 Å². The van der Waals surface area contributed by atoms with Crippen LogP contribution in [0.1, 0.15) is 37.2 Å². The Morgan fingerprint density at radius 3 is 2.74 bits per heavy atom. The SMILES string of the molecule is Cc1cnc(C)n1CC1CCN(C(=O)C2CCC2)C1. The molecule has 1 amide bonds. The van der Waals surface area contributed by atoms with E-state index in [9.17, 15) is 4.79 Å². The summed E-state index contributed by atoms with van der Waals surface area (Å²) in [5, 5.41) is 0. The van der Waals surface area contributed by atoms with Crippen LogP contribution >= 0.6 is 0 Å². The van der Waals surface area contributed by atoms with Gasteiger partial charge in [-0.25, -0.2) is 4.98 Å². The fourth-order valence-corrected chi connectivity index (χ4v) is 3.21. The molecule has 0 N–H and O–H groups in total. The van der Waals surface area contributed by atoms with Crippen molar-refractivity contribution in [3.63, 3.8) is 0 Å². The van der Waals surface area contributed by atoms with E-state index in [1.807, 2.05) is 6.20 Å². The van der Waals surface area contributed by atoms with Gasteiger partial charge in [-0.3, -0.25) is 4.79 Å². The minimum atomic E-state index is 0.343. The van der Waals surface area contributed by atoms with Crippen LogP contribution in [-0.2, 0) is 11.3 Å². The first-order valence-electron chi connectivity index (χ1n) is 7.42. The van der Waals surface area contributed by atoms with E-state index in [1.165, 1.54) is 12.1 Å². The summed E-state index contributed by atoms with van der Waals surface area (Å²) in [5.41, 5.74) is 1.22. The molecule has 4 heteroatoms. The van der Waals surface area contributed by atoms with E-state index in [0.717, 1.165) is 44.7 Å². The molecule has 1 aliphatic heterocycles. The standard InChI is InChI=1S/C15H23N3O/c1-11-8-16-12(2)18(11)10-13-6-7-17(9-13)15(19)14-4-3-5-14/h8,13-14H,3-7,9-10H2,1-2H3. The van der Waals surface area contributed by atoms with Gasteiger partial charge in [-0.1, -0.05) is 6.42 Å². The van der Waals surface area contributed by atoms with Crippen LogP contribution in [0.2, 0.25) is 0 Å². The first-order chi connectivity index (χ1) is 9.15. The Bertz CT molecular complexity index is 456. The molecule has 0 spiro atoms. The van der Waals surface area contributed by atoms with Crippen molar-refractivity contribution < 1.29 is 4.79 Å². The molecule has 2 aliphatic rings. The molecule has 1 aromatic heterocycles. The predicted molar refractivity (Wildman–Crippen MR) is 73.7 cm³/mol. The van der Waals surface area contributed by atoms with Crippen LogP contribution in [0.3, 0.4) is 0 Å². The zero-order chi connectivity index (χ0) is 13.4. The molecule has 0 bridgehead atoms. The topological polar surface area (TPSA) is 38.1 Å². The first kappa shape index (κ1) is 12.7. The summed E-state index contributed by atoms with van der Waals surface area (Å²) < 4.78 is 2.28. The number of carbonyl (C=O) groups excluding carboxylic acids is 1. The average Bonchev–Trinajstić information content (AvgIpc) is 2.89. The number of amides is 1. The van der Waals surface area contributed by atoms with Crippen LogP contribution in [0.15, 0.2) is 6.20 Å². The van der Waals surface area contributed by atoms with E-state index < -0.39 is 0 Å². The molecule has 1 aliphatic carbocycles. The van der Waals surface area contributed by atoms with Crippen molar-refractivity contribution in [2.75, 3.05) is 13.1 Å². The third-order valence-corrected chi connectivity index (χ3v) is 4.75.